The highest BCUT2D eigenvalue weighted by atomic mass is 28.4. The normalized spacial score (nSPS) is 16.1. The Morgan fingerprint density at radius 3 is 1.57 bits per heavy atom. The second-order valence-electron chi connectivity index (χ2n) is 3.38. The molecule has 0 amide bonds. The van der Waals surface area contributed by atoms with Gasteiger partial charge in [0.1, 0.15) is 0 Å². The molecule has 1 aliphatic rings. The minimum atomic E-state index is -2.47. The van der Waals surface area contributed by atoms with E-state index in [-0.39, 0.29) is 0 Å². The monoisotopic (exact) mass is 221 g/mol. The Bertz CT molecular complexity index is 130. The first-order valence-electron chi connectivity index (χ1n) is 5.04. The van der Waals surface area contributed by atoms with Crippen LogP contribution in [0.15, 0.2) is 0 Å². The van der Waals surface area contributed by atoms with Crippen LogP contribution >= 0.6 is 0 Å². The summed E-state index contributed by atoms with van der Waals surface area (Å²) in [6, 6.07) is 0. The fraction of sp³-hybridized carbons (Fsp3) is 1.00. The molecule has 1 aliphatic carbocycles. The summed E-state index contributed by atoms with van der Waals surface area (Å²) in [7, 11) is 2.25. The summed E-state index contributed by atoms with van der Waals surface area (Å²) in [5, 5.41) is 0. The first kappa shape index (κ1) is 14.1. The van der Waals surface area contributed by atoms with Gasteiger partial charge in [0.2, 0.25) is 0 Å². The van der Waals surface area contributed by atoms with Crippen molar-refractivity contribution in [2.45, 2.75) is 26.7 Å². The Morgan fingerprint density at radius 1 is 1.14 bits per heavy atom. The van der Waals surface area contributed by atoms with Gasteiger partial charge in [-0.15, -0.1) is 0 Å². The fourth-order valence-corrected chi connectivity index (χ4v) is 2.22. The largest absolute Gasteiger partial charge is 0.595 e. The summed E-state index contributed by atoms with van der Waals surface area (Å²) in [6.45, 7) is 5.03. The van der Waals surface area contributed by atoms with Gasteiger partial charge in [-0.05, 0) is 12.5 Å². The maximum absolute atomic E-state index is 5.06. The molecule has 1 fully saturated rings. The number of nitrogens with one attached hydrogen (secondary N) is 1. The van der Waals surface area contributed by atoms with Crippen molar-refractivity contribution < 1.29 is 13.3 Å². The molecule has 0 atom stereocenters. The van der Waals surface area contributed by atoms with E-state index in [4.69, 9.17) is 13.3 Å². The molecule has 0 unspecified atom stereocenters. The molecule has 14 heavy (non-hydrogen) atoms. The molecule has 5 heteroatoms. The Hall–Kier alpha value is 0.0569. The molecule has 0 aromatic rings. The third kappa shape index (κ3) is 5.72. The molecule has 0 aromatic carbocycles. The van der Waals surface area contributed by atoms with E-state index in [0.29, 0.717) is 0 Å². The van der Waals surface area contributed by atoms with Crippen LogP contribution in [0.4, 0.5) is 0 Å². The molecule has 86 valence electrons. The smallest absolute Gasteiger partial charge is 0.364 e. The van der Waals surface area contributed by atoms with Crippen LogP contribution < -0.4 is 4.98 Å². The van der Waals surface area contributed by atoms with Crippen LogP contribution in [0.25, 0.3) is 0 Å². The molecule has 0 radical (unpaired) electrons. The van der Waals surface area contributed by atoms with E-state index < -0.39 is 8.97 Å². The number of hydrogen-bond donors (Lipinski definition) is 1. The predicted molar refractivity (Wildman–Crippen MR) is 58.9 cm³/mol. The quantitative estimate of drug-likeness (QED) is 0.712. The Kier molecular flexibility index (Phi) is 7.39. The minimum absolute atomic E-state index is 0.780. The van der Waals surface area contributed by atoms with Crippen LogP contribution in [0.3, 0.4) is 0 Å². The van der Waals surface area contributed by atoms with Crippen LogP contribution in [0.2, 0.25) is 0 Å². The van der Waals surface area contributed by atoms with E-state index in [1.54, 1.807) is 21.3 Å². The van der Waals surface area contributed by atoms with Gasteiger partial charge in [0.25, 0.3) is 0 Å². The summed E-state index contributed by atoms with van der Waals surface area (Å²) in [5.74, 6) is 1.08. The van der Waals surface area contributed by atoms with Gasteiger partial charge in [-0.25, -0.2) is 0 Å². The Morgan fingerprint density at radius 2 is 1.50 bits per heavy atom. The van der Waals surface area contributed by atoms with Gasteiger partial charge in [-0.2, -0.15) is 0 Å². The van der Waals surface area contributed by atoms with Crippen molar-refractivity contribution in [3.63, 3.8) is 0 Å². The molecule has 4 nitrogen and oxygen atoms in total. The minimum Gasteiger partial charge on any atom is -0.364 e. The Labute approximate surface area is 88.4 Å². The maximum atomic E-state index is 5.06. The third-order valence-corrected chi connectivity index (χ3v) is 4.46. The fourth-order valence-electron chi connectivity index (χ4n) is 0.850. The van der Waals surface area contributed by atoms with Crippen molar-refractivity contribution in [3.8, 4) is 0 Å². The molecule has 1 rings (SSSR count). The molecule has 0 spiro atoms. The third-order valence-electron chi connectivity index (χ3n) is 2.07. The standard InChI is InChI=1S/C5H15NO3Si.C4H8/c1-5-6-10(7-2,8-3)9-4;1-4-2-3-4/h6H,5H2,1-4H3;4H,2-3H2,1H3. The summed E-state index contributed by atoms with van der Waals surface area (Å²) < 4.78 is 15.2. The molecule has 0 aromatic heterocycles. The van der Waals surface area contributed by atoms with Gasteiger partial charge in [0.05, 0.1) is 0 Å². The van der Waals surface area contributed by atoms with Gasteiger partial charge in [-0.3, -0.25) is 4.98 Å². The highest BCUT2D eigenvalue weighted by Gasteiger charge is 2.37. The summed E-state index contributed by atoms with van der Waals surface area (Å²) in [4.78, 5) is 3.02. The topological polar surface area (TPSA) is 39.7 Å². The lowest BCUT2D eigenvalue weighted by molar-refractivity contribution is 0.111. The highest BCUT2D eigenvalue weighted by Crippen LogP contribution is 2.26. The van der Waals surface area contributed by atoms with Gasteiger partial charge >= 0.3 is 8.97 Å². The van der Waals surface area contributed by atoms with Crippen LogP contribution in [0, 0.1) is 5.92 Å². The van der Waals surface area contributed by atoms with Crippen molar-refractivity contribution in [1.82, 2.24) is 4.98 Å². The van der Waals surface area contributed by atoms with Crippen molar-refractivity contribution in [3.05, 3.63) is 0 Å². The summed E-state index contributed by atoms with van der Waals surface area (Å²) in [6.07, 6.45) is 2.97. The highest BCUT2D eigenvalue weighted by molar-refractivity contribution is 6.57. The van der Waals surface area contributed by atoms with E-state index in [1.165, 1.54) is 12.8 Å². The van der Waals surface area contributed by atoms with E-state index in [2.05, 4.69) is 11.9 Å². The van der Waals surface area contributed by atoms with Gasteiger partial charge in [0.15, 0.2) is 0 Å². The molecule has 0 saturated heterocycles. The number of rotatable bonds is 5. The zero-order valence-electron chi connectivity index (χ0n) is 9.92. The average Bonchev–Trinajstić information content (AvgIpc) is 2.98. The van der Waals surface area contributed by atoms with Crippen LogP contribution in [0.1, 0.15) is 26.7 Å². The van der Waals surface area contributed by atoms with E-state index in [1.807, 2.05) is 6.92 Å². The zero-order valence-corrected chi connectivity index (χ0v) is 10.9. The maximum Gasteiger partial charge on any atom is 0.595 e. The average molecular weight is 221 g/mol. The first-order chi connectivity index (χ1) is 6.64. The molecule has 1 saturated carbocycles. The lowest BCUT2D eigenvalue weighted by Gasteiger charge is -2.23. The van der Waals surface area contributed by atoms with Gasteiger partial charge in [0, 0.05) is 21.3 Å². The lowest BCUT2D eigenvalue weighted by atomic mass is 10.5. The van der Waals surface area contributed by atoms with Crippen molar-refractivity contribution >= 4 is 8.97 Å². The predicted octanol–water partition coefficient (Wildman–Crippen LogP) is 1.39. The zero-order chi connectivity index (χ0) is 11.0. The van der Waals surface area contributed by atoms with Crippen LogP contribution in [-0.2, 0) is 13.3 Å². The second kappa shape index (κ2) is 7.36. The van der Waals surface area contributed by atoms with Crippen LogP contribution in [0.5, 0.6) is 0 Å². The van der Waals surface area contributed by atoms with E-state index >= 15 is 0 Å². The summed E-state index contributed by atoms with van der Waals surface area (Å²) >= 11 is 0. The molecular formula is C9H23NO3Si. The number of hydrogen-bond acceptors (Lipinski definition) is 4. The SMILES string of the molecule is CC1CC1.CCN[Si](OC)(OC)OC. The Balaban J connectivity index is 0.000000344. The van der Waals surface area contributed by atoms with Crippen LogP contribution in [-0.4, -0.2) is 36.8 Å². The van der Waals surface area contributed by atoms with E-state index in [9.17, 15) is 0 Å². The first-order valence-corrected chi connectivity index (χ1v) is 6.77. The molecule has 0 bridgehead atoms. The van der Waals surface area contributed by atoms with Crippen molar-refractivity contribution in [1.29, 1.82) is 0 Å². The second-order valence-corrected chi connectivity index (χ2v) is 6.07. The van der Waals surface area contributed by atoms with E-state index in [0.717, 1.165) is 12.5 Å². The van der Waals surface area contributed by atoms with Gasteiger partial charge in [-0.1, -0.05) is 26.7 Å². The summed E-state index contributed by atoms with van der Waals surface area (Å²) in [5.41, 5.74) is 0. The molecule has 0 aliphatic heterocycles. The lowest BCUT2D eigenvalue weighted by Crippen LogP contribution is -2.56. The van der Waals surface area contributed by atoms with Gasteiger partial charge < -0.3 is 13.3 Å². The van der Waals surface area contributed by atoms with Crippen molar-refractivity contribution in [2.75, 3.05) is 27.9 Å². The molecular weight excluding hydrogens is 198 g/mol. The molecule has 0 heterocycles. The molecule has 1 N–H and O–H groups in total. The van der Waals surface area contributed by atoms with Crippen molar-refractivity contribution in [2.24, 2.45) is 5.92 Å².